The van der Waals surface area contributed by atoms with Gasteiger partial charge >= 0.3 is 12.1 Å². The minimum atomic E-state index is -0.368. The van der Waals surface area contributed by atoms with Crippen molar-refractivity contribution >= 4 is 23.4 Å². The van der Waals surface area contributed by atoms with Crippen molar-refractivity contribution in [3.05, 3.63) is 72.8 Å². The molecule has 0 saturated heterocycles. The van der Waals surface area contributed by atoms with Crippen molar-refractivity contribution in [2.45, 2.75) is 12.2 Å². The smallest absolute Gasteiger partial charge is 0.319 e. The molecule has 2 unspecified atom stereocenters. The molecule has 4 amide bonds. The van der Waals surface area contributed by atoms with E-state index in [0.29, 0.717) is 60.7 Å². The normalized spacial score (nSPS) is 17.4. The lowest BCUT2D eigenvalue weighted by Crippen LogP contribution is -2.42. The van der Waals surface area contributed by atoms with Crippen LogP contribution in [0.25, 0.3) is 0 Å². The Hall–Kier alpha value is -4.60. The number of hydrogen-bond acceptors (Lipinski definition) is 6. The zero-order valence-corrected chi connectivity index (χ0v) is 19.4. The van der Waals surface area contributed by atoms with Gasteiger partial charge in [-0.15, -0.1) is 0 Å². The van der Waals surface area contributed by atoms with E-state index in [1.54, 1.807) is 24.3 Å². The first-order valence-corrected chi connectivity index (χ1v) is 11.6. The summed E-state index contributed by atoms with van der Waals surface area (Å²) in [6.45, 7) is 1.29. The molecule has 0 spiro atoms. The van der Waals surface area contributed by atoms with Gasteiger partial charge < -0.3 is 40.2 Å². The summed E-state index contributed by atoms with van der Waals surface area (Å²) in [5.41, 5.74) is 1.16. The molecule has 10 heteroatoms. The number of fused-ring (bicyclic) bond motifs is 2. The lowest BCUT2D eigenvalue weighted by molar-refractivity contribution is 0.0922. The third-order valence-electron chi connectivity index (χ3n) is 5.52. The van der Waals surface area contributed by atoms with Gasteiger partial charge in [0.1, 0.15) is 13.2 Å². The fraction of sp³-hybridized carbons (Fsp3) is 0.231. The van der Waals surface area contributed by atoms with Crippen LogP contribution in [0.1, 0.15) is 0 Å². The average molecular weight is 491 g/mol. The van der Waals surface area contributed by atoms with Crippen LogP contribution in [0.3, 0.4) is 0 Å². The van der Waals surface area contributed by atoms with Crippen LogP contribution in [-0.4, -0.2) is 50.6 Å². The van der Waals surface area contributed by atoms with Crippen LogP contribution in [0.5, 0.6) is 23.0 Å². The molecule has 4 N–H and O–H groups in total. The number of carbonyl (C=O) groups is 2. The molecule has 0 saturated carbocycles. The van der Waals surface area contributed by atoms with Gasteiger partial charge in [-0.2, -0.15) is 0 Å². The first kappa shape index (κ1) is 23.2. The van der Waals surface area contributed by atoms with Crippen molar-refractivity contribution in [1.29, 1.82) is 0 Å². The molecule has 186 valence electrons. The highest BCUT2D eigenvalue weighted by molar-refractivity contribution is 5.91. The highest BCUT2D eigenvalue weighted by Gasteiger charge is 2.22. The Kier molecular flexibility index (Phi) is 6.93. The molecule has 5 rings (SSSR count). The van der Waals surface area contributed by atoms with Crippen molar-refractivity contribution in [1.82, 2.24) is 10.6 Å². The SMILES string of the molecule is O=C(NCC1COc2ccccc2O1)Nc1ccc(NC(=O)NCC2COc3ccccc3O2)cc1. The fourth-order valence-electron chi connectivity index (χ4n) is 3.73. The van der Waals surface area contributed by atoms with Crippen molar-refractivity contribution in [3.8, 4) is 23.0 Å². The van der Waals surface area contributed by atoms with E-state index in [1.165, 1.54) is 0 Å². The van der Waals surface area contributed by atoms with E-state index >= 15 is 0 Å². The number of ether oxygens (including phenoxy) is 4. The van der Waals surface area contributed by atoms with Gasteiger partial charge in [0.15, 0.2) is 35.2 Å². The van der Waals surface area contributed by atoms with Crippen molar-refractivity contribution < 1.29 is 28.5 Å². The topological polar surface area (TPSA) is 119 Å². The van der Waals surface area contributed by atoms with Crippen molar-refractivity contribution in [2.75, 3.05) is 36.9 Å². The molecule has 36 heavy (non-hydrogen) atoms. The van der Waals surface area contributed by atoms with E-state index in [-0.39, 0.29) is 24.3 Å². The van der Waals surface area contributed by atoms with Crippen LogP contribution in [0.15, 0.2) is 72.8 Å². The summed E-state index contributed by atoms with van der Waals surface area (Å²) in [5.74, 6) is 2.71. The second-order valence-corrected chi connectivity index (χ2v) is 8.24. The maximum atomic E-state index is 12.3. The largest absolute Gasteiger partial charge is 0.486 e. The van der Waals surface area contributed by atoms with Crippen LogP contribution >= 0.6 is 0 Å². The Morgan fingerprint density at radius 2 is 1.00 bits per heavy atom. The number of benzene rings is 3. The van der Waals surface area contributed by atoms with Crippen molar-refractivity contribution in [2.24, 2.45) is 0 Å². The Bertz CT molecular complexity index is 1120. The summed E-state index contributed by atoms with van der Waals surface area (Å²) in [5, 5.41) is 11.1. The van der Waals surface area contributed by atoms with Gasteiger partial charge in [-0.05, 0) is 48.5 Å². The number of hydrogen-bond donors (Lipinski definition) is 4. The highest BCUT2D eigenvalue weighted by Crippen LogP contribution is 2.31. The number of urea groups is 2. The van der Waals surface area contributed by atoms with E-state index in [2.05, 4.69) is 21.3 Å². The van der Waals surface area contributed by atoms with E-state index in [0.717, 1.165) is 0 Å². The molecular weight excluding hydrogens is 464 g/mol. The molecule has 2 aliphatic rings. The summed E-state index contributed by atoms with van der Waals surface area (Å²) in [6.07, 6.45) is -0.563. The minimum absolute atomic E-state index is 0.281. The maximum absolute atomic E-state index is 12.3. The third-order valence-corrected chi connectivity index (χ3v) is 5.52. The van der Waals surface area contributed by atoms with Crippen molar-refractivity contribution in [3.63, 3.8) is 0 Å². The molecular formula is C26H26N4O6. The molecule has 3 aromatic carbocycles. The van der Waals surface area contributed by atoms with Gasteiger partial charge in [-0.25, -0.2) is 9.59 Å². The number of carbonyl (C=O) groups excluding carboxylic acids is 2. The van der Waals surface area contributed by atoms with Crippen LogP contribution in [0, 0.1) is 0 Å². The summed E-state index contributed by atoms with van der Waals surface area (Å²) in [4.78, 5) is 24.5. The first-order chi connectivity index (χ1) is 17.6. The van der Waals surface area contributed by atoms with Crippen LogP contribution < -0.4 is 40.2 Å². The Morgan fingerprint density at radius 1 is 0.611 bits per heavy atom. The Balaban J connectivity index is 1.02. The van der Waals surface area contributed by atoms with Crippen LogP contribution in [0.2, 0.25) is 0 Å². The molecule has 0 aromatic heterocycles. The van der Waals surface area contributed by atoms with E-state index < -0.39 is 0 Å². The van der Waals surface area contributed by atoms with Gasteiger partial charge in [-0.3, -0.25) is 0 Å². The number of anilines is 2. The zero-order chi connectivity index (χ0) is 24.7. The number of rotatable bonds is 6. The summed E-state index contributed by atoms with van der Waals surface area (Å²) in [7, 11) is 0. The van der Waals surface area contributed by atoms with E-state index in [9.17, 15) is 9.59 Å². The Labute approximate surface area is 207 Å². The molecule has 2 heterocycles. The summed E-state index contributed by atoms with van der Waals surface area (Å²) >= 11 is 0. The number of amides is 4. The predicted octanol–water partition coefficient (Wildman–Crippen LogP) is 3.61. The maximum Gasteiger partial charge on any atom is 0.319 e. The summed E-state index contributed by atoms with van der Waals surface area (Å²) in [6, 6.07) is 20.9. The molecule has 0 radical (unpaired) electrons. The second kappa shape index (κ2) is 10.8. The molecule has 10 nitrogen and oxygen atoms in total. The quantitative estimate of drug-likeness (QED) is 0.419. The van der Waals surface area contributed by atoms with Gasteiger partial charge in [0.05, 0.1) is 13.1 Å². The summed E-state index contributed by atoms with van der Waals surface area (Å²) < 4.78 is 23.0. The zero-order valence-electron chi connectivity index (χ0n) is 19.4. The third kappa shape index (κ3) is 5.90. The van der Waals surface area contributed by atoms with Crippen LogP contribution in [0.4, 0.5) is 21.0 Å². The average Bonchev–Trinajstić information content (AvgIpc) is 2.91. The highest BCUT2D eigenvalue weighted by atomic mass is 16.6. The number of para-hydroxylation sites is 4. The molecule has 0 fully saturated rings. The molecule has 0 aliphatic carbocycles. The molecule has 0 bridgehead atoms. The lowest BCUT2D eigenvalue weighted by atomic mass is 10.2. The van der Waals surface area contributed by atoms with Gasteiger partial charge in [0.25, 0.3) is 0 Å². The molecule has 3 aromatic rings. The minimum Gasteiger partial charge on any atom is -0.486 e. The number of nitrogens with one attached hydrogen (secondary N) is 4. The van der Waals surface area contributed by atoms with Crippen LogP contribution in [-0.2, 0) is 0 Å². The standard InChI is InChI=1S/C26H26N4O6/c31-25(27-13-19-15-33-21-5-1-3-7-23(21)35-19)29-17-9-11-18(12-10-17)30-26(32)28-14-20-16-34-22-6-2-4-8-24(22)36-20/h1-12,19-20H,13-16H2,(H2,27,29,31)(H2,28,30,32). The first-order valence-electron chi connectivity index (χ1n) is 11.6. The second-order valence-electron chi connectivity index (χ2n) is 8.24. The lowest BCUT2D eigenvalue weighted by Gasteiger charge is -2.26. The predicted molar refractivity (Wildman–Crippen MR) is 133 cm³/mol. The molecule has 2 atom stereocenters. The molecule has 2 aliphatic heterocycles. The van der Waals surface area contributed by atoms with E-state index in [1.807, 2.05) is 48.5 Å². The fourth-order valence-corrected chi connectivity index (χ4v) is 3.73. The van der Waals surface area contributed by atoms with Gasteiger partial charge in [-0.1, -0.05) is 24.3 Å². The van der Waals surface area contributed by atoms with E-state index in [4.69, 9.17) is 18.9 Å². The Morgan fingerprint density at radius 3 is 1.42 bits per heavy atom. The van der Waals surface area contributed by atoms with Gasteiger partial charge in [0.2, 0.25) is 0 Å². The van der Waals surface area contributed by atoms with Gasteiger partial charge in [0, 0.05) is 11.4 Å². The monoisotopic (exact) mass is 490 g/mol.